The minimum atomic E-state index is 1.02. The lowest BCUT2D eigenvalue weighted by Gasteiger charge is -2.17. The van der Waals surface area contributed by atoms with Gasteiger partial charge in [-0.2, -0.15) is 0 Å². The molecule has 0 radical (unpaired) electrons. The van der Waals surface area contributed by atoms with E-state index in [1.165, 1.54) is 77.0 Å². The normalized spacial score (nSPS) is 24.0. The van der Waals surface area contributed by atoms with E-state index < -0.39 is 0 Å². The smallest absolute Gasteiger partial charge is 0.0412 e. The molecule has 0 aromatic heterocycles. The standard InChI is InChI=1S/C18H36/c1-4-6-9-17(10-7-5-2)11-8-12-18-14-13-16(3)15-18/h16-18H,4-15H2,1-3H3. The van der Waals surface area contributed by atoms with Crippen LogP contribution in [0.4, 0.5) is 0 Å². The molecule has 0 spiro atoms. The van der Waals surface area contributed by atoms with E-state index in [0.29, 0.717) is 0 Å². The van der Waals surface area contributed by atoms with Gasteiger partial charge in [-0.3, -0.25) is 0 Å². The Morgan fingerprint density at radius 3 is 2.00 bits per heavy atom. The van der Waals surface area contributed by atoms with Crippen molar-refractivity contribution in [2.45, 2.75) is 97.8 Å². The van der Waals surface area contributed by atoms with Crippen molar-refractivity contribution in [2.75, 3.05) is 0 Å². The van der Waals surface area contributed by atoms with E-state index in [0.717, 1.165) is 17.8 Å². The highest BCUT2D eigenvalue weighted by molar-refractivity contribution is 4.73. The van der Waals surface area contributed by atoms with Gasteiger partial charge in [0, 0.05) is 0 Å². The van der Waals surface area contributed by atoms with E-state index in [4.69, 9.17) is 0 Å². The zero-order valence-electron chi connectivity index (χ0n) is 13.2. The van der Waals surface area contributed by atoms with Crippen LogP contribution in [-0.4, -0.2) is 0 Å². The largest absolute Gasteiger partial charge is 0.0654 e. The first-order valence-corrected chi connectivity index (χ1v) is 8.76. The lowest BCUT2D eigenvalue weighted by Crippen LogP contribution is -2.03. The molecule has 0 bridgehead atoms. The Morgan fingerprint density at radius 2 is 1.50 bits per heavy atom. The van der Waals surface area contributed by atoms with Crippen molar-refractivity contribution in [3.63, 3.8) is 0 Å². The molecule has 1 saturated carbocycles. The van der Waals surface area contributed by atoms with Crippen molar-refractivity contribution >= 4 is 0 Å². The lowest BCUT2D eigenvalue weighted by atomic mass is 9.89. The minimum absolute atomic E-state index is 1.02. The summed E-state index contributed by atoms with van der Waals surface area (Å²) >= 11 is 0. The topological polar surface area (TPSA) is 0 Å². The fourth-order valence-corrected chi connectivity index (χ4v) is 3.70. The highest BCUT2D eigenvalue weighted by Gasteiger charge is 2.21. The van der Waals surface area contributed by atoms with Crippen molar-refractivity contribution < 1.29 is 0 Å². The van der Waals surface area contributed by atoms with E-state index in [2.05, 4.69) is 20.8 Å². The van der Waals surface area contributed by atoms with Crippen LogP contribution >= 0.6 is 0 Å². The van der Waals surface area contributed by atoms with Crippen LogP contribution in [0.15, 0.2) is 0 Å². The third-order valence-corrected chi connectivity index (χ3v) is 4.96. The minimum Gasteiger partial charge on any atom is -0.0654 e. The second-order valence-corrected chi connectivity index (χ2v) is 6.87. The Kier molecular flexibility index (Phi) is 8.80. The summed E-state index contributed by atoms with van der Waals surface area (Å²) in [4.78, 5) is 0. The zero-order chi connectivity index (χ0) is 13.2. The number of unbranched alkanes of at least 4 members (excludes halogenated alkanes) is 2. The quantitative estimate of drug-likeness (QED) is 0.411. The highest BCUT2D eigenvalue weighted by Crippen LogP contribution is 2.34. The summed E-state index contributed by atoms with van der Waals surface area (Å²) in [5, 5.41) is 0. The summed E-state index contributed by atoms with van der Waals surface area (Å²) in [5.41, 5.74) is 0. The predicted octanol–water partition coefficient (Wildman–Crippen LogP) is 6.59. The zero-order valence-corrected chi connectivity index (χ0v) is 13.2. The fraction of sp³-hybridized carbons (Fsp3) is 1.00. The summed E-state index contributed by atoms with van der Waals surface area (Å²) in [5.74, 6) is 3.15. The summed E-state index contributed by atoms with van der Waals surface area (Å²) in [6.07, 6.45) is 17.8. The molecule has 0 amide bonds. The van der Waals surface area contributed by atoms with Gasteiger partial charge in [0.05, 0.1) is 0 Å². The maximum atomic E-state index is 2.44. The van der Waals surface area contributed by atoms with Crippen LogP contribution in [0.3, 0.4) is 0 Å². The Labute approximate surface area is 116 Å². The molecule has 0 heterocycles. The molecule has 0 saturated heterocycles. The molecule has 0 aliphatic heterocycles. The van der Waals surface area contributed by atoms with Crippen LogP contribution in [0.25, 0.3) is 0 Å². The van der Waals surface area contributed by atoms with Gasteiger partial charge >= 0.3 is 0 Å². The summed E-state index contributed by atoms with van der Waals surface area (Å²) in [6, 6.07) is 0. The Hall–Kier alpha value is 0. The van der Waals surface area contributed by atoms with Crippen molar-refractivity contribution in [3.8, 4) is 0 Å². The summed E-state index contributed by atoms with van der Waals surface area (Å²) < 4.78 is 0. The van der Waals surface area contributed by atoms with E-state index in [-0.39, 0.29) is 0 Å². The molecule has 0 aromatic carbocycles. The predicted molar refractivity (Wildman–Crippen MR) is 82.9 cm³/mol. The Balaban J connectivity index is 2.11. The number of hydrogen-bond acceptors (Lipinski definition) is 0. The van der Waals surface area contributed by atoms with Crippen molar-refractivity contribution in [3.05, 3.63) is 0 Å². The van der Waals surface area contributed by atoms with Crippen LogP contribution in [-0.2, 0) is 0 Å². The Bertz CT molecular complexity index is 176. The highest BCUT2D eigenvalue weighted by atomic mass is 14.3. The molecule has 2 unspecified atom stereocenters. The van der Waals surface area contributed by atoms with E-state index in [9.17, 15) is 0 Å². The molecule has 1 aliphatic rings. The van der Waals surface area contributed by atoms with Crippen LogP contribution in [0, 0.1) is 17.8 Å². The fourth-order valence-electron chi connectivity index (χ4n) is 3.70. The van der Waals surface area contributed by atoms with Gasteiger partial charge in [-0.25, -0.2) is 0 Å². The van der Waals surface area contributed by atoms with Crippen LogP contribution < -0.4 is 0 Å². The average Bonchev–Trinajstić information content (AvgIpc) is 2.78. The SMILES string of the molecule is CCCCC(CCCC)CCCC1CCC(C)C1. The molecule has 0 N–H and O–H groups in total. The van der Waals surface area contributed by atoms with Gasteiger partial charge in [0.1, 0.15) is 0 Å². The van der Waals surface area contributed by atoms with Gasteiger partial charge in [0.2, 0.25) is 0 Å². The first-order chi connectivity index (χ1) is 8.76. The maximum Gasteiger partial charge on any atom is -0.0412 e. The Morgan fingerprint density at radius 1 is 0.889 bits per heavy atom. The van der Waals surface area contributed by atoms with Crippen molar-refractivity contribution in [1.29, 1.82) is 0 Å². The molecule has 0 aromatic rings. The van der Waals surface area contributed by atoms with Gasteiger partial charge in [-0.15, -0.1) is 0 Å². The molecular weight excluding hydrogens is 216 g/mol. The number of rotatable bonds is 10. The molecule has 1 rings (SSSR count). The number of hydrogen-bond donors (Lipinski definition) is 0. The molecule has 108 valence electrons. The van der Waals surface area contributed by atoms with E-state index in [1.54, 1.807) is 0 Å². The van der Waals surface area contributed by atoms with E-state index >= 15 is 0 Å². The van der Waals surface area contributed by atoms with Crippen LogP contribution in [0.2, 0.25) is 0 Å². The molecule has 1 fully saturated rings. The van der Waals surface area contributed by atoms with E-state index in [1.807, 2.05) is 0 Å². The van der Waals surface area contributed by atoms with Gasteiger partial charge in [-0.1, -0.05) is 91.4 Å². The van der Waals surface area contributed by atoms with Gasteiger partial charge < -0.3 is 0 Å². The molecule has 0 heteroatoms. The lowest BCUT2D eigenvalue weighted by molar-refractivity contribution is 0.357. The average molecular weight is 252 g/mol. The second kappa shape index (κ2) is 9.87. The summed E-state index contributed by atoms with van der Waals surface area (Å²) in [6.45, 7) is 7.10. The molecule has 18 heavy (non-hydrogen) atoms. The first-order valence-electron chi connectivity index (χ1n) is 8.76. The van der Waals surface area contributed by atoms with Crippen LogP contribution in [0.1, 0.15) is 97.8 Å². The molecule has 2 atom stereocenters. The van der Waals surface area contributed by atoms with Gasteiger partial charge in [0.15, 0.2) is 0 Å². The molecular formula is C18H36. The monoisotopic (exact) mass is 252 g/mol. The van der Waals surface area contributed by atoms with Crippen molar-refractivity contribution in [2.24, 2.45) is 17.8 Å². The van der Waals surface area contributed by atoms with Gasteiger partial charge in [0.25, 0.3) is 0 Å². The molecule has 0 nitrogen and oxygen atoms in total. The van der Waals surface area contributed by atoms with Gasteiger partial charge in [-0.05, 0) is 24.2 Å². The van der Waals surface area contributed by atoms with Crippen LogP contribution in [0.5, 0.6) is 0 Å². The third kappa shape index (κ3) is 6.81. The second-order valence-electron chi connectivity index (χ2n) is 6.87. The summed E-state index contributed by atoms with van der Waals surface area (Å²) in [7, 11) is 0. The molecule has 1 aliphatic carbocycles. The maximum absolute atomic E-state index is 2.44. The first kappa shape index (κ1) is 16.1. The van der Waals surface area contributed by atoms with Crippen molar-refractivity contribution in [1.82, 2.24) is 0 Å². The third-order valence-electron chi connectivity index (χ3n) is 4.96.